The Hall–Kier alpha value is -0.140. The Kier molecular flexibility index (Phi) is 2.70. The second-order valence-electron chi connectivity index (χ2n) is 2.55. The predicted octanol–water partition coefficient (Wildman–Crippen LogP) is 2.68. The van der Waals surface area contributed by atoms with Gasteiger partial charge in [-0.3, -0.25) is 0 Å². The molecule has 1 aromatic rings. The van der Waals surface area contributed by atoms with Crippen molar-refractivity contribution < 1.29 is 18.3 Å². The molecule has 1 N–H and O–H groups in total. The van der Waals surface area contributed by atoms with Gasteiger partial charge in [0.25, 0.3) is 0 Å². The molecular weight excluding hydrogens is 271 g/mol. The maximum Gasteiger partial charge on any atom is 0.422 e. The number of aliphatic hydroxyl groups is 1. The van der Waals surface area contributed by atoms with Crippen molar-refractivity contribution in [3.63, 3.8) is 0 Å². The highest BCUT2D eigenvalue weighted by Crippen LogP contribution is 2.41. The highest BCUT2D eigenvalue weighted by molar-refractivity contribution is 9.11. The quantitative estimate of drug-likeness (QED) is 0.855. The van der Waals surface area contributed by atoms with Gasteiger partial charge >= 0.3 is 6.18 Å². The third kappa shape index (κ3) is 2.03. The molecule has 1 atom stereocenters. The first-order valence-electron chi connectivity index (χ1n) is 3.16. The van der Waals surface area contributed by atoms with Gasteiger partial charge in [0.05, 0.1) is 4.88 Å². The molecule has 1 heterocycles. The molecule has 0 aliphatic carbocycles. The van der Waals surface area contributed by atoms with Crippen LogP contribution in [-0.2, 0) is 5.60 Å². The van der Waals surface area contributed by atoms with Gasteiger partial charge in [0.15, 0.2) is 9.52 Å². The third-order valence-corrected chi connectivity index (χ3v) is 3.20. The summed E-state index contributed by atoms with van der Waals surface area (Å²) in [5, 5.41) is 9.16. The SMILES string of the molecule is C[C@@](O)(c1cnc(Br)s1)C(F)(F)F. The fourth-order valence-electron chi connectivity index (χ4n) is 0.618. The highest BCUT2D eigenvalue weighted by atomic mass is 79.9. The van der Waals surface area contributed by atoms with Crippen molar-refractivity contribution in [3.8, 4) is 0 Å². The van der Waals surface area contributed by atoms with E-state index in [-0.39, 0.29) is 4.88 Å². The first-order valence-corrected chi connectivity index (χ1v) is 4.77. The topological polar surface area (TPSA) is 33.1 Å². The van der Waals surface area contributed by atoms with E-state index in [0.717, 1.165) is 17.5 Å². The molecule has 0 aliphatic heterocycles. The van der Waals surface area contributed by atoms with Crippen LogP contribution < -0.4 is 0 Å². The van der Waals surface area contributed by atoms with Crippen LogP contribution in [0.4, 0.5) is 13.2 Å². The predicted molar refractivity (Wildman–Crippen MR) is 45.4 cm³/mol. The zero-order valence-electron chi connectivity index (χ0n) is 6.39. The van der Waals surface area contributed by atoms with E-state index in [1.165, 1.54) is 0 Å². The van der Waals surface area contributed by atoms with Gasteiger partial charge in [0.2, 0.25) is 0 Å². The Morgan fingerprint density at radius 1 is 1.54 bits per heavy atom. The molecule has 0 aromatic carbocycles. The summed E-state index contributed by atoms with van der Waals surface area (Å²) in [6, 6.07) is 0. The maximum absolute atomic E-state index is 12.2. The van der Waals surface area contributed by atoms with Gasteiger partial charge in [-0.15, -0.1) is 11.3 Å². The molecule has 13 heavy (non-hydrogen) atoms. The molecule has 0 radical (unpaired) electrons. The summed E-state index contributed by atoms with van der Waals surface area (Å²) < 4.78 is 37.0. The van der Waals surface area contributed by atoms with Crippen LogP contribution in [0, 0.1) is 0 Å². The standard InChI is InChI=1S/C6H5BrF3NOS/c1-5(12,6(8,9)10)3-2-11-4(7)13-3/h2,12H,1H3/t5-/m1/s1. The zero-order valence-corrected chi connectivity index (χ0v) is 8.79. The number of thiazole rings is 1. The number of hydrogen-bond acceptors (Lipinski definition) is 3. The molecule has 0 bridgehead atoms. The van der Waals surface area contributed by atoms with E-state index in [4.69, 9.17) is 5.11 Å². The van der Waals surface area contributed by atoms with E-state index in [9.17, 15) is 13.2 Å². The van der Waals surface area contributed by atoms with E-state index in [1.54, 1.807) is 0 Å². The van der Waals surface area contributed by atoms with Gasteiger partial charge in [0.1, 0.15) is 0 Å². The van der Waals surface area contributed by atoms with Crippen molar-refractivity contribution in [2.75, 3.05) is 0 Å². The van der Waals surface area contributed by atoms with E-state index in [0.29, 0.717) is 10.8 Å². The minimum Gasteiger partial charge on any atom is -0.376 e. The maximum atomic E-state index is 12.2. The van der Waals surface area contributed by atoms with Crippen LogP contribution in [0.2, 0.25) is 0 Å². The molecule has 0 saturated heterocycles. The molecule has 1 rings (SSSR count). The molecular formula is C6H5BrF3NOS. The fraction of sp³-hybridized carbons (Fsp3) is 0.500. The molecule has 0 saturated carbocycles. The molecule has 1 aromatic heterocycles. The van der Waals surface area contributed by atoms with Crippen molar-refractivity contribution in [1.82, 2.24) is 4.98 Å². The minimum absolute atomic E-state index is 0.230. The normalized spacial score (nSPS) is 17.1. The lowest BCUT2D eigenvalue weighted by molar-refractivity contribution is -0.257. The molecule has 0 aliphatic rings. The Balaban J connectivity index is 3.07. The Labute approximate surface area is 84.5 Å². The second-order valence-corrected chi connectivity index (χ2v) is 4.85. The first-order chi connectivity index (χ1) is 5.75. The summed E-state index contributed by atoms with van der Waals surface area (Å²) in [7, 11) is 0. The van der Waals surface area contributed by atoms with Crippen molar-refractivity contribution in [2.45, 2.75) is 18.7 Å². The van der Waals surface area contributed by atoms with Gasteiger partial charge < -0.3 is 5.11 Å². The van der Waals surface area contributed by atoms with Crippen LogP contribution in [0.3, 0.4) is 0 Å². The molecule has 7 heteroatoms. The molecule has 0 amide bonds. The number of nitrogens with zero attached hydrogens (tertiary/aromatic N) is 1. The van der Waals surface area contributed by atoms with Crippen LogP contribution in [0.1, 0.15) is 11.8 Å². The third-order valence-electron chi connectivity index (χ3n) is 1.51. The summed E-state index contributed by atoms with van der Waals surface area (Å²) in [4.78, 5) is 3.34. The Bertz CT molecular complexity index is 309. The summed E-state index contributed by atoms with van der Waals surface area (Å²) in [5.74, 6) is 0. The van der Waals surface area contributed by atoms with Gasteiger partial charge in [-0.1, -0.05) is 0 Å². The van der Waals surface area contributed by atoms with E-state index in [2.05, 4.69) is 20.9 Å². The number of aromatic nitrogens is 1. The van der Waals surface area contributed by atoms with Crippen LogP contribution in [0.25, 0.3) is 0 Å². The average Bonchev–Trinajstić information content (AvgIpc) is 2.33. The van der Waals surface area contributed by atoms with Crippen LogP contribution in [-0.4, -0.2) is 16.3 Å². The van der Waals surface area contributed by atoms with Gasteiger partial charge in [-0.25, -0.2) is 4.98 Å². The number of alkyl halides is 3. The lowest BCUT2D eigenvalue weighted by atomic mass is 10.1. The van der Waals surface area contributed by atoms with Crippen molar-refractivity contribution in [1.29, 1.82) is 0 Å². The van der Waals surface area contributed by atoms with Gasteiger partial charge in [-0.2, -0.15) is 13.2 Å². The zero-order chi connectivity index (χ0) is 10.3. The van der Waals surface area contributed by atoms with Crippen molar-refractivity contribution >= 4 is 27.3 Å². The summed E-state index contributed by atoms with van der Waals surface area (Å²) in [6.07, 6.45) is -3.68. The monoisotopic (exact) mass is 275 g/mol. The minimum atomic E-state index is -4.68. The summed E-state index contributed by atoms with van der Waals surface area (Å²) >= 11 is 3.68. The number of halogens is 4. The second kappa shape index (κ2) is 3.21. The summed E-state index contributed by atoms with van der Waals surface area (Å²) in [6.45, 7) is 0.701. The van der Waals surface area contributed by atoms with E-state index < -0.39 is 11.8 Å². The number of rotatable bonds is 1. The van der Waals surface area contributed by atoms with Gasteiger partial charge in [-0.05, 0) is 22.9 Å². The molecule has 0 fully saturated rings. The van der Waals surface area contributed by atoms with E-state index >= 15 is 0 Å². The fourth-order valence-corrected chi connectivity index (χ4v) is 1.95. The average molecular weight is 276 g/mol. The number of hydrogen-bond donors (Lipinski definition) is 1. The van der Waals surface area contributed by atoms with Crippen LogP contribution in [0.5, 0.6) is 0 Å². The molecule has 74 valence electrons. The van der Waals surface area contributed by atoms with Crippen molar-refractivity contribution in [2.24, 2.45) is 0 Å². The van der Waals surface area contributed by atoms with Crippen molar-refractivity contribution in [3.05, 3.63) is 15.0 Å². The smallest absolute Gasteiger partial charge is 0.376 e. The largest absolute Gasteiger partial charge is 0.422 e. The Morgan fingerprint density at radius 2 is 2.08 bits per heavy atom. The molecule has 0 unspecified atom stereocenters. The molecule has 2 nitrogen and oxygen atoms in total. The molecule has 0 spiro atoms. The van der Waals surface area contributed by atoms with E-state index in [1.807, 2.05) is 0 Å². The highest BCUT2D eigenvalue weighted by Gasteiger charge is 2.52. The Morgan fingerprint density at radius 3 is 2.38 bits per heavy atom. The van der Waals surface area contributed by atoms with Gasteiger partial charge in [0, 0.05) is 6.20 Å². The first kappa shape index (κ1) is 10.9. The lowest BCUT2D eigenvalue weighted by Crippen LogP contribution is -2.38. The summed E-state index contributed by atoms with van der Waals surface area (Å²) in [5.41, 5.74) is -2.82. The van der Waals surface area contributed by atoms with Crippen LogP contribution in [0.15, 0.2) is 10.1 Å². The van der Waals surface area contributed by atoms with Crippen LogP contribution >= 0.6 is 27.3 Å². The lowest BCUT2D eigenvalue weighted by Gasteiger charge is -2.24.